The van der Waals surface area contributed by atoms with Gasteiger partial charge in [-0.1, -0.05) is 38.3 Å². The number of para-hydroxylation sites is 2. The quantitative estimate of drug-likeness (QED) is 0.741. The van der Waals surface area contributed by atoms with Gasteiger partial charge in [-0.25, -0.2) is 4.98 Å². The zero-order chi connectivity index (χ0) is 14.5. The van der Waals surface area contributed by atoms with Crippen LogP contribution in [0.2, 0.25) is 0 Å². The van der Waals surface area contributed by atoms with Gasteiger partial charge in [0, 0.05) is 6.54 Å². The maximum atomic E-state index is 4.91. The minimum atomic E-state index is 1.01. The number of hydrogen-bond acceptors (Lipinski definition) is 2. The smallest absolute Gasteiger partial charge is 0.124 e. The van der Waals surface area contributed by atoms with Gasteiger partial charge in [-0.2, -0.15) is 0 Å². The van der Waals surface area contributed by atoms with E-state index in [0.717, 1.165) is 18.6 Å². The lowest BCUT2D eigenvalue weighted by atomic mass is 10.1. The Morgan fingerprint density at radius 1 is 1.05 bits per heavy atom. The van der Waals surface area contributed by atoms with Crippen LogP contribution in [0, 0.1) is 0 Å². The van der Waals surface area contributed by atoms with Crippen LogP contribution in [-0.4, -0.2) is 27.5 Å². The number of hydrogen-bond donors (Lipinski definition) is 0. The molecule has 0 aliphatic carbocycles. The third-order valence-corrected chi connectivity index (χ3v) is 4.53. The Kier molecular flexibility index (Phi) is 4.91. The second-order valence-electron chi connectivity index (χ2n) is 6.21. The number of imidazole rings is 1. The van der Waals surface area contributed by atoms with Crippen molar-refractivity contribution in [3.63, 3.8) is 0 Å². The first-order valence-corrected chi connectivity index (χ1v) is 8.55. The van der Waals surface area contributed by atoms with Gasteiger partial charge in [0.05, 0.1) is 17.6 Å². The fourth-order valence-electron chi connectivity index (χ4n) is 3.33. The molecule has 3 heteroatoms. The van der Waals surface area contributed by atoms with E-state index in [1.807, 2.05) is 0 Å². The molecule has 3 nitrogen and oxygen atoms in total. The van der Waals surface area contributed by atoms with Gasteiger partial charge in [0.2, 0.25) is 0 Å². The molecule has 0 N–H and O–H groups in total. The van der Waals surface area contributed by atoms with Crippen LogP contribution in [0.4, 0.5) is 0 Å². The van der Waals surface area contributed by atoms with Gasteiger partial charge in [0.1, 0.15) is 5.82 Å². The Morgan fingerprint density at radius 3 is 2.67 bits per heavy atom. The van der Waals surface area contributed by atoms with Crippen LogP contribution >= 0.6 is 0 Å². The number of aromatic nitrogens is 2. The van der Waals surface area contributed by atoms with Gasteiger partial charge in [0.25, 0.3) is 0 Å². The monoisotopic (exact) mass is 285 g/mol. The molecule has 0 amide bonds. The number of nitrogens with zero attached hydrogens (tertiary/aromatic N) is 3. The summed E-state index contributed by atoms with van der Waals surface area (Å²) in [5.41, 5.74) is 2.46. The molecule has 2 aromatic rings. The number of rotatable bonds is 6. The molecule has 0 bridgehead atoms. The number of benzene rings is 1. The van der Waals surface area contributed by atoms with Gasteiger partial charge in [-0.3, -0.25) is 4.90 Å². The number of aryl methyl sites for hydroxylation is 1. The van der Waals surface area contributed by atoms with E-state index < -0.39 is 0 Å². The molecule has 1 fully saturated rings. The highest BCUT2D eigenvalue weighted by Crippen LogP contribution is 2.20. The summed E-state index contributed by atoms with van der Waals surface area (Å²) >= 11 is 0. The Balaban J connectivity index is 1.82. The predicted molar refractivity (Wildman–Crippen MR) is 88.4 cm³/mol. The number of unbranched alkanes of at least 4 members (excludes halogenated alkanes) is 2. The van der Waals surface area contributed by atoms with E-state index in [1.165, 1.54) is 63.0 Å². The topological polar surface area (TPSA) is 21.1 Å². The van der Waals surface area contributed by atoms with Crippen molar-refractivity contribution in [2.75, 3.05) is 13.1 Å². The molecule has 0 atom stereocenters. The second kappa shape index (κ2) is 7.08. The molecule has 1 aromatic carbocycles. The molecular weight excluding hydrogens is 258 g/mol. The third kappa shape index (κ3) is 3.46. The summed E-state index contributed by atoms with van der Waals surface area (Å²) in [6, 6.07) is 8.58. The first kappa shape index (κ1) is 14.6. The molecule has 2 heterocycles. The average molecular weight is 285 g/mol. The lowest BCUT2D eigenvalue weighted by Gasteiger charge is -2.26. The van der Waals surface area contributed by atoms with Gasteiger partial charge < -0.3 is 4.57 Å². The van der Waals surface area contributed by atoms with Crippen LogP contribution in [0.5, 0.6) is 0 Å². The summed E-state index contributed by atoms with van der Waals surface area (Å²) in [5, 5.41) is 0. The van der Waals surface area contributed by atoms with E-state index in [0.29, 0.717) is 0 Å². The van der Waals surface area contributed by atoms with Crippen LogP contribution in [0.25, 0.3) is 11.0 Å². The maximum Gasteiger partial charge on any atom is 0.124 e. The highest BCUT2D eigenvalue weighted by atomic mass is 15.2. The van der Waals surface area contributed by atoms with Crippen LogP contribution in [0.3, 0.4) is 0 Å². The Morgan fingerprint density at radius 2 is 1.86 bits per heavy atom. The van der Waals surface area contributed by atoms with Crippen molar-refractivity contribution in [1.82, 2.24) is 14.5 Å². The van der Waals surface area contributed by atoms with Crippen molar-refractivity contribution in [2.24, 2.45) is 0 Å². The third-order valence-electron chi connectivity index (χ3n) is 4.53. The zero-order valence-corrected chi connectivity index (χ0v) is 13.2. The minimum Gasteiger partial charge on any atom is -0.327 e. The van der Waals surface area contributed by atoms with Crippen LogP contribution in [0.15, 0.2) is 24.3 Å². The predicted octanol–water partition coefficient (Wildman–Crippen LogP) is 4.21. The van der Waals surface area contributed by atoms with E-state index in [1.54, 1.807) is 0 Å². The molecule has 1 aromatic heterocycles. The van der Waals surface area contributed by atoms with E-state index in [2.05, 4.69) is 40.7 Å². The maximum absolute atomic E-state index is 4.91. The van der Waals surface area contributed by atoms with E-state index in [-0.39, 0.29) is 0 Å². The van der Waals surface area contributed by atoms with Crippen molar-refractivity contribution >= 4 is 11.0 Å². The lowest BCUT2D eigenvalue weighted by Crippen LogP contribution is -2.30. The number of fused-ring (bicyclic) bond motifs is 1. The SMILES string of the molecule is CCCCCn1c(CN2CCCCC2)nc2ccccc21. The highest BCUT2D eigenvalue weighted by molar-refractivity contribution is 5.75. The second-order valence-corrected chi connectivity index (χ2v) is 6.21. The van der Waals surface area contributed by atoms with Crippen LogP contribution in [-0.2, 0) is 13.1 Å². The van der Waals surface area contributed by atoms with Crippen LogP contribution < -0.4 is 0 Å². The van der Waals surface area contributed by atoms with Gasteiger partial charge in [-0.15, -0.1) is 0 Å². The van der Waals surface area contributed by atoms with Crippen molar-refractivity contribution < 1.29 is 0 Å². The minimum absolute atomic E-state index is 1.01. The molecule has 21 heavy (non-hydrogen) atoms. The standard InChI is InChI=1S/C18H27N3/c1-2-3-7-14-21-17-11-6-5-10-16(17)19-18(21)15-20-12-8-4-9-13-20/h5-6,10-11H,2-4,7-9,12-15H2,1H3. The molecule has 0 spiro atoms. The van der Waals surface area contributed by atoms with Crippen molar-refractivity contribution in [3.05, 3.63) is 30.1 Å². The fourth-order valence-corrected chi connectivity index (χ4v) is 3.33. The summed E-state index contributed by atoms with van der Waals surface area (Å²) in [6.45, 7) is 6.86. The van der Waals surface area contributed by atoms with Gasteiger partial charge in [-0.05, 0) is 44.5 Å². The zero-order valence-electron chi connectivity index (χ0n) is 13.2. The van der Waals surface area contributed by atoms with Crippen molar-refractivity contribution in [1.29, 1.82) is 0 Å². The van der Waals surface area contributed by atoms with Gasteiger partial charge >= 0.3 is 0 Å². The highest BCUT2D eigenvalue weighted by Gasteiger charge is 2.15. The van der Waals surface area contributed by atoms with E-state index in [4.69, 9.17) is 4.98 Å². The van der Waals surface area contributed by atoms with Crippen molar-refractivity contribution in [3.8, 4) is 0 Å². The largest absolute Gasteiger partial charge is 0.327 e. The fraction of sp³-hybridized carbons (Fsp3) is 0.611. The first-order chi connectivity index (χ1) is 10.4. The van der Waals surface area contributed by atoms with E-state index >= 15 is 0 Å². The summed E-state index contributed by atoms with van der Waals surface area (Å²) in [5.74, 6) is 1.26. The molecule has 1 aliphatic heterocycles. The number of likely N-dealkylation sites (tertiary alicyclic amines) is 1. The summed E-state index contributed by atoms with van der Waals surface area (Å²) in [7, 11) is 0. The Labute approximate surface area is 128 Å². The average Bonchev–Trinajstić information content (AvgIpc) is 2.86. The van der Waals surface area contributed by atoms with E-state index in [9.17, 15) is 0 Å². The summed E-state index contributed by atoms with van der Waals surface area (Å²) in [6.07, 6.45) is 7.91. The first-order valence-electron chi connectivity index (χ1n) is 8.55. The summed E-state index contributed by atoms with van der Waals surface area (Å²) in [4.78, 5) is 7.48. The normalized spacial score (nSPS) is 16.6. The molecule has 0 unspecified atom stereocenters. The Bertz CT molecular complexity index is 567. The molecular formula is C18H27N3. The van der Waals surface area contributed by atoms with Crippen LogP contribution in [0.1, 0.15) is 51.3 Å². The molecule has 3 rings (SSSR count). The lowest BCUT2D eigenvalue weighted by molar-refractivity contribution is 0.213. The molecule has 1 saturated heterocycles. The number of piperidine rings is 1. The van der Waals surface area contributed by atoms with Crippen molar-refractivity contribution in [2.45, 2.75) is 58.5 Å². The van der Waals surface area contributed by atoms with Gasteiger partial charge in [0.15, 0.2) is 0 Å². The summed E-state index contributed by atoms with van der Waals surface area (Å²) < 4.78 is 2.46. The molecule has 1 aliphatic rings. The molecule has 0 radical (unpaired) electrons. The molecule has 114 valence electrons. The molecule has 0 saturated carbocycles. The Hall–Kier alpha value is -1.35.